The van der Waals surface area contributed by atoms with Gasteiger partial charge >= 0.3 is 0 Å². The Labute approximate surface area is 153 Å². The van der Waals surface area contributed by atoms with E-state index in [4.69, 9.17) is 0 Å². The third-order valence-corrected chi connectivity index (χ3v) is 6.70. The fourth-order valence-electron chi connectivity index (χ4n) is 3.20. The molecule has 0 N–H and O–H groups in total. The first kappa shape index (κ1) is 19.1. The second kappa shape index (κ2) is 7.75. The van der Waals surface area contributed by atoms with E-state index in [9.17, 15) is 9.59 Å². The number of rotatable bonds is 6. The third-order valence-electron chi connectivity index (χ3n) is 4.55. The van der Waals surface area contributed by atoms with Crippen molar-refractivity contribution in [2.45, 2.75) is 32.1 Å². The second-order valence-corrected chi connectivity index (χ2v) is 8.27. The van der Waals surface area contributed by atoms with E-state index in [1.165, 1.54) is 23.5 Å². The Kier molecular flexibility index (Phi) is 6.16. The van der Waals surface area contributed by atoms with E-state index < -0.39 is 5.41 Å². The summed E-state index contributed by atoms with van der Waals surface area (Å²) < 4.78 is 0.787. The fourth-order valence-corrected chi connectivity index (χ4v) is 4.64. The van der Waals surface area contributed by atoms with E-state index in [-0.39, 0.29) is 11.6 Å². The summed E-state index contributed by atoms with van der Waals surface area (Å²) in [6.07, 6.45) is 7.15. The Morgan fingerprint density at radius 1 is 1.21 bits per heavy atom. The van der Waals surface area contributed by atoms with Crippen molar-refractivity contribution in [2.75, 3.05) is 12.5 Å². The summed E-state index contributed by atoms with van der Waals surface area (Å²) in [4.78, 5) is 26.4. The van der Waals surface area contributed by atoms with Crippen LogP contribution in [0, 0.1) is 5.92 Å². The molecule has 0 saturated heterocycles. The normalized spacial score (nSPS) is 20.3. The van der Waals surface area contributed by atoms with Gasteiger partial charge in [-0.2, -0.15) is 0 Å². The fraction of sp³-hybridized carbons (Fsp3) is 0.400. The van der Waals surface area contributed by atoms with Gasteiger partial charge in [-0.05, 0) is 36.8 Å². The SMILES string of the molecule is C=CC1(CCC(C)C)C(=O)C(=C(SC)SC)C(=O)c2ccccc21. The van der Waals surface area contributed by atoms with Crippen LogP contribution in [0.2, 0.25) is 0 Å². The maximum atomic E-state index is 13.4. The summed E-state index contributed by atoms with van der Waals surface area (Å²) in [6.45, 7) is 8.28. The van der Waals surface area contributed by atoms with Gasteiger partial charge in [0.25, 0.3) is 0 Å². The first-order valence-electron chi connectivity index (χ1n) is 8.07. The number of carbonyl (C=O) groups is 2. The van der Waals surface area contributed by atoms with Gasteiger partial charge in [-0.25, -0.2) is 0 Å². The van der Waals surface area contributed by atoms with Crippen LogP contribution in [0.5, 0.6) is 0 Å². The van der Waals surface area contributed by atoms with Gasteiger partial charge in [-0.15, -0.1) is 30.1 Å². The summed E-state index contributed by atoms with van der Waals surface area (Å²) in [5.41, 5.74) is 0.968. The lowest BCUT2D eigenvalue weighted by molar-refractivity contribution is -0.119. The molecule has 1 aliphatic rings. The predicted octanol–water partition coefficient (Wildman–Crippen LogP) is 5.25. The van der Waals surface area contributed by atoms with Crippen LogP contribution in [-0.4, -0.2) is 24.1 Å². The van der Waals surface area contributed by atoms with E-state index in [1.54, 1.807) is 6.08 Å². The minimum atomic E-state index is -0.805. The van der Waals surface area contributed by atoms with Crippen molar-refractivity contribution in [3.8, 4) is 0 Å². The maximum absolute atomic E-state index is 13.4. The molecular formula is C20H24O2S2. The van der Waals surface area contributed by atoms with Gasteiger partial charge in [0.05, 0.1) is 15.2 Å². The minimum absolute atomic E-state index is 0.0967. The van der Waals surface area contributed by atoms with Gasteiger partial charge < -0.3 is 0 Å². The Bertz CT molecular complexity index is 697. The second-order valence-electron chi connectivity index (χ2n) is 6.38. The first-order valence-corrected chi connectivity index (χ1v) is 10.5. The highest BCUT2D eigenvalue weighted by molar-refractivity contribution is 8.21. The van der Waals surface area contributed by atoms with Gasteiger partial charge in [-0.1, -0.05) is 44.2 Å². The van der Waals surface area contributed by atoms with Crippen LogP contribution in [0.15, 0.2) is 46.7 Å². The molecule has 1 aromatic rings. The molecule has 0 bridgehead atoms. The van der Waals surface area contributed by atoms with Crippen molar-refractivity contribution < 1.29 is 9.59 Å². The number of allylic oxidation sites excluding steroid dienone is 2. The standard InChI is InChI=1S/C20H24O2S2/c1-6-20(12-11-13(2)3)15-10-8-7-9-14(15)17(21)16(18(20)22)19(23-4)24-5/h6-10,13H,1,11-12H2,2-5H3. The number of fused-ring (bicyclic) bond motifs is 1. The summed E-state index contributed by atoms with van der Waals surface area (Å²) in [5, 5.41) is 0. The van der Waals surface area contributed by atoms with Crippen LogP contribution >= 0.6 is 23.5 Å². The molecule has 24 heavy (non-hydrogen) atoms. The lowest BCUT2D eigenvalue weighted by Crippen LogP contribution is -2.43. The first-order chi connectivity index (χ1) is 11.4. The predicted molar refractivity (Wildman–Crippen MR) is 106 cm³/mol. The molecule has 0 heterocycles. The van der Waals surface area contributed by atoms with Crippen molar-refractivity contribution in [3.05, 3.63) is 57.9 Å². The third kappa shape index (κ3) is 3.14. The highest BCUT2D eigenvalue weighted by Gasteiger charge is 2.47. The summed E-state index contributed by atoms with van der Waals surface area (Å²) in [7, 11) is 0. The molecule has 0 radical (unpaired) electrons. The molecule has 1 aliphatic carbocycles. The van der Waals surface area contributed by atoms with Crippen LogP contribution in [0.3, 0.4) is 0 Å². The Morgan fingerprint density at radius 2 is 1.83 bits per heavy atom. The minimum Gasteiger partial charge on any atom is -0.293 e. The number of benzene rings is 1. The van der Waals surface area contributed by atoms with Gasteiger partial charge in [0.2, 0.25) is 0 Å². The highest BCUT2D eigenvalue weighted by Crippen LogP contribution is 2.45. The van der Waals surface area contributed by atoms with Gasteiger partial charge in [-0.3, -0.25) is 9.59 Å². The molecule has 2 rings (SSSR count). The molecule has 1 atom stereocenters. The van der Waals surface area contributed by atoms with Crippen LogP contribution in [-0.2, 0) is 10.2 Å². The zero-order chi connectivity index (χ0) is 17.9. The van der Waals surface area contributed by atoms with E-state index in [0.717, 1.165) is 16.2 Å². The average Bonchev–Trinajstić information content (AvgIpc) is 2.59. The molecule has 4 heteroatoms. The van der Waals surface area contributed by atoms with E-state index in [1.807, 2.05) is 36.8 Å². The molecule has 1 unspecified atom stereocenters. The molecule has 2 nitrogen and oxygen atoms in total. The van der Waals surface area contributed by atoms with Crippen molar-refractivity contribution in [1.29, 1.82) is 0 Å². The number of hydrogen-bond acceptors (Lipinski definition) is 4. The van der Waals surface area contributed by atoms with Crippen LogP contribution in [0.25, 0.3) is 0 Å². The quantitative estimate of drug-likeness (QED) is 0.394. The molecule has 1 aromatic carbocycles. The van der Waals surface area contributed by atoms with Crippen LogP contribution in [0.1, 0.15) is 42.6 Å². The smallest absolute Gasteiger partial charge is 0.198 e. The Morgan fingerprint density at radius 3 is 2.38 bits per heavy atom. The van der Waals surface area contributed by atoms with Gasteiger partial charge in [0.15, 0.2) is 11.6 Å². The van der Waals surface area contributed by atoms with Gasteiger partial charge in [0, 0.05) is 5.56 Å². The number of Topliss-reactive ketones (excluding diaryl/α,β-unsaturated/α-hetero) is 2. The van der Waals surface area contributed by atoms with Crippen LogP contribution < -0.4 is 0 Å². The zero-order valence-electron chi connectivity index (χ0n) is 14.7. The van der Waals surface area contributed by atoms with E-state index in [2.05, 4.69) is 20.4 Å². The molecular weight excluding hydrogens is 336 g/mol. The molecule has 0 saturated carbocycles. The summed E-state index contributed by atoms with van der Waals surface area (Å²) in [6, 6.07) is 7.49. The zero-order valence-corrected chi connectivity index (χ0v) is 16.4. The molecule has 128 valence electrons. The Hall–Kier alpha value is -1.26. The lowest BCUT2D eigenvalue weighted by atomic mass is 9.64. The Balaban J connectivity index is 2.75. The van der Waals surface area contributed by atoms with Crippen molar-refractivity contribution in [1.82, 2.24) is 0 Å². The summed E-state index contributed by atoms with van der Waals surface area (Å²) >= 11 is 2.92. The molecule has 0 aliphatic heterocycles. The molecule has 0 amide bonds. The topological polar surface area (TPSA) is 34.1 Å². The van der Waals surface area contributed by atoms with Crippen molar-refractivity contribution >= 4 is 35.1 Å². The highest BCUT2D eigenvalue weighted by atomic mass is 32.2. The number of ketones is 2. The molecule has 0 fully saturated rings. The monoisotopic (exact) mass is 360 g/mol. The number of hydrogen-bond donors (Lipinski definition) is 0. The van der Waals surface area contributed by atoms with Crippen molar-refractivity contribution in [2.24, 2.45) is 5.92 Å². The molecule has 0 aromatic heterocycles. The lowest BCUT2D eigenvalue weighted by Gasteiger charge is -2.36. The molecule has 0 spiro atoms. The number of thioether (sulfide) groups is 2. The maximum Gasteiger partial charge on any atom is 0.198 e. The summed E-state index contributed by atoms with van der Waals surface area (Å²) in [5.74, 6) is 0.226. The largest absolute Gasteiger partial charge is 0.293 e. The van der Waals surface area contributed by atoms with E-state index >= 15 is 0 Å². The van der Waals surface area contributed by atoms with E-state index in [0.29, 0.717) is 23.5 Å². The van der Waals surface area contributed by atoms with Gasteiger partial charge in [0.1, 0.15) is 0 Å². The van der Waals surface area contributed by atoms with Crippen molar-refractivity contribution in [3.63, 3.8) is 0 Å². The average molecular weight is 361 g/mol. The van der Waals surface area contributed by atoms with Crippen LogP contribution in [0.4, 0.5) is 0 Å². The number of carbonyl (C=O) groups excluding carboxylic acids is 2.